The van der Waals surface area contributed by atoms with E-state index in [1.54, 1.807) is 27.1 Å². The first-order valence-electron chi connectivity index (χ1n) is 5.03. The molecule has 17 heavy (non-hydrogen) atoms. The second kappa shape index (κ2) is 5.30. The number of nitriles is 1. The number of nitrogens with zero attached hydrogens (tertiary/aromatic N) is 2. The maximum atomic E-state index is 13.3. The molecule has 0 spiro atoms. The minimum absolute atomic E-state index is 0.0789. The van der Waals surface area contributed by atoms with Gasteiger partial charge in [-0.15, -0.1) is 0 Å². The van der Waals surface area contributed by atoms with Gasteiger partial charge < -0.3 is 9.64 Å². The maximum absolute atomic E-state index is 13.3. The number of carbonyl (C=O) groups excluding carboxylic acids is 1. The number of ether oxygens (including phenoxy) is 1. The Kier molecular flexibility index (Phi) is 4.05. The van der Waals surface area contributed by atoms with Crippen LogP contribution in [0.5, 0.6) is 5.75 Å². The summed E-state index contributed by atoms with van der Waals surface area (Å²) in [6.45, 7) is 1.55. The van der Waals surface area contributed by atoms with Gasteiger partial charge in [0, 0.05) is 14.1 Å². The highest BCUT2D eigenvalue weighted by Gasteiger charge is 2.19. The SMILES string of the molecule is CC(Oc1cccc(F)c1C#N)C(=O)N(C)C. The fourth-order valence-corrected chi connectivity index (χ4v) is 1.32. The van der Waals surface area contributed by atoms with Crippen LogP contribution in [0, 0.1) is 17.1 Å². The lowest BCUT2D eigenvalue weighted by Crippen LogP contribution is -2.35. The van der Waals surface area contributed by atoms with Gasteiger partial charge >= 0.3 is 0 Å². The van der Waals surface area contributed by atoms with Gasteiger partial charge in [0.05, 0.1) is 0 Å². The van der Waals surface area contributed by atoms with E-state index in [-0.39, 0.29) is 17.2 Å². The summed E-state index contributed by atoms with van der Waals surface area (Å²) in [5.74, 6) is -0.831. The molecule has 0 saturated carbocycles. The van der Waals surface area contributed by atoms with Crippen molar-refractivity contribution in [2.24, 2.45) is 0 Å². The minimum atomic E-state index is -0.765. The van der Waals surface area contributed by atoms with E-state index in [2.05, 4.69) is 0 Å². The molecule has 1 atom stereocenters. The van der Waals surface area contributed by atoms with E-state index in [0.29, 0.717) is 0 Å². The van der Waals surface area contributed by atoms with Crippen LogP contribution in [0.25, 0.3) is 0 Å². The van der Waals surface area contributed by atoms with Crippen LogP contribution in [0.3, 0.4) is 0 Å². The molecule has 0 aromatic heterocycles. The summed E-state index contributed by atoms with van der Waals surface area (Å²) in [5.41, 5.74) is -0.189. The van der Waals surface area contributed by atoms with E-state index in [4.69, 9.17) is 10.00 Å². The van der Waals surface area contributed by atoms with Gasteiger partial charge in [-0.1, -0.05) is 6.07 Å². The van der Waals surface area contributed by atoms with Gasteiger partial charge in [-0.3, -0.25) is 4.79 Å². The lowest BCUT2D eigenvalue weighted by Gasteiger charge is -2.18. The Labute approximate surface area is 99.2 Å². The van der Waals surface area contributed by atoms with Gasteiger partial charge in [0.25, 0.3) is 5.91 Å². The van der Waals surface area contributed by atoms with Crippen molar-refractivity contribution < 1.29 is 13.9 Å². The predicted molar refractivity (Wildman–Crippen MR) is 59.9 cm³/mol. The van der Waals surface area contributed by atoms with Crippen molar-refractivity contribution in [3.8, 4) is 11.8 Å². The molecule has 1 aromatic rings. The molecular formula is C12H13FN2O2. The molecule has 0 fully saturated rings. The van der Waals surface area contributed by atoms with Gasteiger partial charge in [0.2, 0.25) is 0 Å². The standard InChI is InChI=1S/C12H13FN2O2/c1-8(12(16)15(2)3)17-11-6-4-5-10(13)9(11)7-14/h4-6,8H,1-3H3. The number of rotatable bonds is 3. The van der Waals surface area contributed by atoms with Crippen molar-refractivity contribution in [1.29, 1.82) is 5.26 Å². The summed E-state index contributed by atoms with van der Waals surface area (Å²) in [6.07, 6.45) is -0.765. The van der Waals surface area contributed by atoms with Crippen LogP contribution in [0.15, 0.2) is 18.2 Å². The first-order valence-corrected chi connectivity index (χ1v) is 5.03. The van der Waals surface area contributed by atoms with E-state index in [1.165, 1.54) is 23.1 Å². The van der Waals surface area contributed by atoms with Gasteiger partial charge in [0.15, 0.2) is 6.10 Å². The molecular weight excluding hydrogens is 223 g/mol. The smallest absolute Gasteiger partial charge is 0.262 e. The first-order chi connectivity index (χ1) is 7.97. The van der Waals surface area contributed by atoms with Crippen molar-refractivity contribution in [3.63, 3.8) is 0 Å². The van der Waals surface area contributed by atoms with Gasteiger partial charge in [-0.05, 0) is 19.1 Å². The van der Waals surface area contributed by atoms with E-state index in [0.717, 1.165) is 0 Å². The van der Waals surface area contributed by atoms with Crippen LogP contribution in [0.1, 0.15) is 12.5 Å². The molecule has 5 heteroatoms. The molecule has 0 radical (unpaired) electrons. The van der Waals surface area contributed by atoms with Gasteiger partial charge in [0.1, 0.15) is 23.2 Å². The van der Waals surface area contributed by atoms with Crippen molar-refractivity contribution in [1.82, 2.24) is 4.90 Å². The van der Waals surface area contributed by atoms with Crippen molar-refractivity contribution in [3.05, 3.63) is 29.6 Å². The summed E-state index contributed by atoms with van der Waals surface area (Å²) < 4.78 is 18.5. The monoisotopic (exact) mass is 236 g/mol. The molecule has 90 valence electrons. The molecule has 0 aliphatic heterocycles. The first kappa shape index (κ1) is 13.0. The fourth-order valence-electron chi connectivity index (χ4n) is 1.32. The van der Waals surface area contributed by atoms with E-state index in [9.17, 15) is 9.18 Å². The molecule has 0 N–H and O–H groups in total. The second-order valence-corrected chi connectivity index (χ2v) is 3.72. The van der Waals surface area contributed by atoms with Gasteiger partial charge in [-0.25, -0.2) is 4.39 Å². The number of amides is 1. The Morgan fingerprint density at radius 3 is 2.71 bits per heavy atom. The van der Waals surface area contributed by atoms with Crippen molar-refractivity contribution in [2.45, 2.75) is 13.0 Å². The Balaban J connectivity index is 2.93. The summed E-state index contributed by atoms with van der Waals surface area (Å²) in [7, 11) is 3.19. The Bertz CT molecular complexity index is 466. The predicted octanol–water partition coefficient (Wildman–Crippen LogP) is 1.55. The Morgan fingerprint density at radius 1 is 1.53 bits per heavy atom. The normalized spacial score (nSPS) is 11.5. The second-order valence-electron chi connectivity index (χ2n) is 3.72. The molecule has 0 aliphatic rings. The molecule has 0 aliphatic carbocycles. The van der Waals surface area contributed by atoms with E-state index in [1.807, 2.05) is 0 Å². The minimum Gasteiger partial charge on any atom is -0.479 e. The lowest BCUT2D eigenvalue weighted by molar-refractivity contribution is -0.135. The number of benzene rings is 1. The molecule has 1 rings (SSSR count). The third-order valence-electron chi connectivity index (χ3n) is 2.18. The quantitative estimate of drug-likeness (QED) is 0.800. The third-order valence-corrected chi connectivity index (χ3v) is 2.18. The number of hydrogen-bond donors (Lipinski definition) is 0. The number of carbonyl (C=O) groups is 1. The Morgan fingerprint density at radius 2 is 2.18 bits per heavy atom. The van der Waals surface area contributed by atoms with E-state index < -0.39 is 11.9 Å². The molecule has 1 unspecified atom stereocenters. The molecule has 1 aromatic carbocycles. The number of likely N-dealkylation sites (N-methyl/N-ethyl adjacent to an activating group) is 1. The summed E-state index contributed by atoms with van der Waals surface area (Å²) >= 11 is 0. The average molecular weight is 236 g/mol. The topological polar surface area (TPSA) is 53.3 Å². The zero-order chi connectivity index (χ0) is 13.0. The van der Waals surface area contributed by atoms with Crippen LogP contribution in [-0.4, -0.2) is 31.0 Å². The molecule has 0 saturated heterocycles. The van der Waals surface area contributed by atoms with Crippen molar-refractivity contribution >= 4 is 5.91 Å². The highest BCUT2D eigenvalue weighted by atomic mass is 19.1. The summed E-state index contributed by atoms with van der Waals surface area (Å²) in [4.78, 5) is 12.9. The van der Waals surface area contributed by atoms with Crippen LogP contribution < -0.4 is 4.74 Å². The summed E-state index contributed by atoms with van der Waals surface area (Å²) in [5, 5.41) is 8.79. The highest BCUT2D eigenvalue weighted by molar-refractivity contribution is 5.80. The van der Waals surface area contributed by atoms with Crippen LogP contribution in [-0.2, 0) is 4.79 Å². The fraction of sp³-hybridized carbons (Fsp3) is 0.333. The van der Waals surface area contributed by atoms with Crippen molar-refractivity contribution in [2.75, 3.05) is 14.1 Å². The number of halogens is 1. The average Bonchev–Trinajstić information content (AvgIpc) is 2.28. The number of hydrogen-bond acceptors (Lipinski definition) is 3. The van der Waals surface area contributed by atoms with Gasteiger partial charge in [-0.2, -0.15) is 5.26 Å². The lowest BCUT2D eigenvalue weighted by atomic mass is 10.2. The van der Waals surface area contributed by atoms with Crippen LogP contribution >= 0.6 is 0 Å². The Hall–Kier alpha value is -2.09. The molecule has 1 amide bonds. The largest absolute Gasteiger partial charge is 0.479 e. The molecule has 0 heterocycles. The van der Waals surface area contributed by atoms with Crippen LogP contribution in [0.4, 0.5) is 4.39 Å². The summed E-state index contributed by atoms with van der Waals surface area (Å²) in [6, 6.07) is 5.77. The zero-order valence-corrected chi connectivity index (χ0v) is 9.90. The van der Waals surface area contributed by atoms with Crippen LogP contribution in [0.2, 0.25) is 0 Å². The highest BCUT2D eigenvalue weighted by Crippen LogP contribution is 2.21. The molecule has 4 nitrogen and oxygen atoms in total. The van der Waals surface area contributed by atoms with E-state index >= 15 is 0 Å². The third kappa shape index (κ3) is 2.94. The molecule has 0 bridgehead atoms. The maximum Gasteiger partial charge on any atom is 0.262 e. The zero-order valence-electron chi connectivity index (χ0n) is 9.90.